The molecule has 0 nitrogen and oxygen atoms in total. The third kappa shape index (κ3) is 5.86. The molecule has 2 heteroatoms. The van der Waals surface area contributed by atoms with Crippen molar-refractivity contribution >= 4 is 27.5 Å². The molecule has 0 fully saturated rings. The van der Waals surface area contributed by atoms with Gasteiger partial charge in [0.1, 0.15) is 0 Å². The fraction of sp³-hybridized carbons (Fsp3) is 0. The molecule has 0 aromatic rings. The molecule has 0 atom stereocenters. The molecule has 54 valence electrons. The van der Waals surface area contributed by atoms with Crippen LogP contribution < -0.4 is 0 Å². The van der Waals surface area contributed by atoms with Crippen LogP contribution in [0.2, 0.25) is 0 Å². The lowest BCUT2D eigenvalue weighted by atomic mass is 10.4. The van der Waals surface area contributed by atoms with Gasteiger partial charge in [-0.2, -0.15) is 0 Å². The van der Waals surface area contributed by atoms with Crippen LogP contribution in [0.4, 0.5) is 0 Å². The first kappa shape index (κ1) is 9.73. The fourth-order valence-corrected chi connectivity index (χ4v) is 0.622. The van der Waals surface area contributed by atoms with E-state index in [4.69, 9.17) is 11.6 Å². The second-order valence-electron chi connectivity index (χ2n) is 1.57. The Morgan fingerprint density at radius 3 is 2.40 bits per heavy atom. The van der Waals surface area contributed by atoms with Gasteiger partial charge >= 0.3 is 0 Å². The number of hydrogen-bond donors (Lipinski definition) is 0. The van der Waals surface area contributed by atoms with E-state index < -0.39 is 0 Å². The quantitative estimate of drug-likeness (QED) is 0.634. The largest absolute Gasteiger partial charge is 0.0990 e. The van der Waals surface area contributed by atoms with Crippen LogP contribution in [0.1, 0.15) is 0 Å². The Hall–Kier alpha value is -0.270. The van der Waals surface area contributed by atoms with Crippen LogP contribution in [0.25, 0.3) is 0 Å². The van der Waals surface area contributed by atoms with Crippen molar-refractivity contribution < 1.29 is 0 Å². The monoisotopic (exact) mass is 218 g/mol. The molecule has 0 amide bonds. The van der Waals surface area contributed by atoms with Crippen LogP contribution in [-0.2, 0) is 0 Å². The minimum atomic E-state index is 0.635. The molecule has 0 aliphatic heterocycles. The summed E-state index contributed by atoms with van der Waals surface area (Å²) in [6.45, 7) is 7.10. The maximum Gasteiger partial charge on any atom is 0.0406 e. The minimum absolute atomic E-state index is 0.635. The molecular weight excluding hydrogens is 211 g/mol. The maximum atomic E-state index is 5.67. The molecule has 0 radical (unpaired) electrons. The zero-order chi connectivity index (χ0) is 7.98. The van der Waals surface area contributed by atoms with Gasteiger partial charge in [-0.25, -0.2) is 0 Å². The maximum absolute atomic E-state index is 5.67. The van der Waals surface area contributed by atoms with Crippen LogP contribution in [0, 0.1) is 0 Å². The highest BCUT2D eigenvalue weighted by molar-refractivity contribution is 9.11. The van der Waals surface area contributed by atoms with Gasteiger partial charge in [0.05, 0.1) is 0 Å². The number of halogens is 2. The van der Waals surface area contributed by atoms with Crippen LogP contribution in [0.15, 0.2) is 47.0 Å². The van der Waals surface area contributed by atoms with Gasteiger partial charge in [0.2, 0.25) is 0 Å². The summed E-state index contributed by atoms with van der Waals surface area (Å²) >= 11 is 8.83. The molecule has 0 heterocycles. The SMILES string of the molecule is C=C/C=C(Cl)\C=C/C(=C)Br. The highest BCUT2D eigenvalue weighted by Crippen LogP contribution is 2.08. The smallest absolute Gasteiger partial charge is 0.0406 e. The minimum Gasteiger partial charge on any atom is -0.0990 e. The van der Waals surface area contributed by atoms with E-state index in [-0.39, 0.29) is 0 Å². The Morgan fingerprint density at radius 1 is 1.40 bits per heavy atom. The number of rotatable bonds is 3. The van der Waals surface area contributed by atoms with Crippen molar-refractivity contribution in [3.8, 4) is 0 Å². The molecule has 10 heavy (non-hydrogen) atoms. The zero-order valence-corrected chi connectivity index (χ0v) is 7.82. The second kappa shape index (κ2) is 5.51. The Bertz CT molecular complexity index is 189. The van der Waals surface area contributed by atoms with E-state index in [1.807, 2.05) is 0 Å². The van der Waals surface area contributed by atoms with Crippen molar-refractivity contribution in [3.63, 3.8) is 0 Å². The van der Waals surface area contributed by atoms with Gasteiger partial charge in [-0.15, -0.1) is 0 Å². The molecule has 0 N–H and O–H groups in total. The predicted molar refractivity (Wildman–Crippen MR) is 51.3 cm³/mol. The summed E-state index contributed by atoms with van der Waals surface area (Å²) in [5, 5.41) is 0.635. The van der Waals surface area contributed by atoms with E-state index in [0.717, 1.165) is 4.48 Å². The third-order valence-electron chi connectivity index (χ3n) is 0.700. The predicted octanol–water partition coefficient (Wildman–Crippen LogP) is 3.76. The van der Waals surface area contributed by atoms with Crippen molar-refractivity contribution in [1.29, 1.82) is 0 Å². The lowest BCUT2D eigenvalue weighted by Gasteiger charge is -1.84. The van der Waals surface area contributed by atoms with E-state index in [1.165, 1.54) is 0 Å². The number of hydrogen-bond acceptors (Lipinski definition) is 0. The first-order chi connectivity index (χ1) is 4.66. The molecule has 0 aromatic heterocycles. The summed E-state index contributed by atoms with van der Waals surface area (Å²) in [6, 6.07) is 0. The number of allylic oxidation sites excluding steroid dienone is 6. The average molecular weight is 220 g/mol. The van der Waals surface area contributed by atoms with Gasteiger partial charge in [0.25, 0.3) is 0 Å². The fourth-order valence-electron chi connectivity index (χ4n) is 0.338. The van der Waals surface area contributed by atoms with Crippen molar-refractivity contribution in [3.05, 3.63) is 47.0 Å². The Morgan fingerprint density at radius 2 is 2.00 bits per heavy atom. The van der Waals surface area contributed by atoms with E-state index >= 15 is 0 Å². The normalized spacial score (nSPS) is 12.0. The third-order valence-corrected chi connectivity index (χ3v) is 1.22. The first-order valence-electron chi connectivity index (χ1n) is 2.67. The second-order valence-corrected chi connectivity index (χ2v) is 3.02. The molecule has 0 rings (SSSR count). The van der Waals surface area contributed by atoms with Gasteiger partial charge in [-0.05, 0) is 18.2 Å². The van der Waals surface area contributed by atoms with Crippen molar-refractivity contribution in [2.24, 2.45) is 0 Å². The summed E-state index contributed by atoms with van der Waals surface area (Å²) in [5.74, 6) is 0. The van der Waals surface area contributed by atoms with Crippen LogP contribution >= 0.6 is 27.5 Å². The highest BCUT2D eigenvalue weighted by Gasteiger charge is 1.80. The summed E-state index contributed by atoms with van der Waals surface area (Å²) in [4.78, 5) is 0. The van der Waals surface area contributed by atoms with E-state index in [1.54, 1.807) is 24.3 Å². The molecule has 0 aromatic carbocycles. The lowest BCUT2D eigenvalue weighted by Crippen LogP contribution is -1.61. The highest BCUT2D eigenvalue weighted by atomic mass is 79.9. The molecule has 0 aliphatic carbocycles. The van der Waals surface area contributed by atoms with Crippen molar-refractivity contribution in [2.45, 2.75) is 0 Å². The Labute approximate surface area is 74.7 Å². The van der Waals surface area contributed by atoms with E-state index in [0.29, 0.717) is 5.03 Å². The Balaban J connectivity index is 4.01. The summed E-state index contributed by atoms with van der Waals surface area (Å²) in [6.07, 6.45) is 6.83. The van der Waals surface area contributed by atoms with Crippen molar-refractivity contribution in [1.82, 2.24) is 0 Å². The first-order valence-corrected chi connectivity index (χ1v) is 3.84. The van der Waals surface area contributed by atoms with Crippen molar-refractivity contribution in [2.75, 3.05) is 0 Å². The topological polar surface area (TPSA) is 0 Å². The molecule has 0 saturated carbocycles. The van der Waals surface area contributed by atoms with E-state index in [9.17, 15) is 0 Å². The zero-order valence-electron chi connectivity index (χ0n) is 5.48. The van der Waals surface area contributed by atoms with Gasteiger partial charge in [0.15, 0.2) is 0 Å². The van der Waals surface area contributed by atoms with Gasteiger partial charge in [-0.1, -0.05) is 46.8 Å². The molecule has 0 bridgehead atoms. The van der Waals surface area contributed by atoms with Crippen LogP contribution in [0.5, 0.6) is 0 Å². The van der Waals surface area contributed by atoms with Crippen LogP contribution in [0.3, 0.4) is 0 Å². The summed E-state index contributed by atoms with van der Waals surface area (Å²) in [7, 11) is 0. The van der Waals surface area contributed by atoms with Gasteiger partial charge in [0, 0.05) is 9.51 Å². The Kier molecular flexibility index (Phi) is 5.36. The van der Waals surface area contributed by atoms with Gasteiger partial charge < -0.3 is 0 Å². The molecular formula is C8H8BrCl. The van der Waals surface area contributed by atoms with E-state index in [2.05, 4.69) is 29.1 Å². The molecule has 0 saturated heterocycles. The standard InChI is InChI=1S/C8H8BrCl/c1-3-4-8(10)6-5-7(2)9/h3-6H,1-2H2/b6-5-,8-4+. The molecule has 0 spiro atoms. The van der Waals surface area contributed by atoms with Crippen LogP contribution in [-0.4, -0.2) is 0 Å². The average Bonchev–Trinajstić information content (AvgIpc) is 1.85. The lowest BCUT2D eigenvalue weighted by molar-refractivity contribution is 1.84. The summed E-state index contributed by atoms with van der Waals surface area (Å²) in [5.41, 5.74) is 0. The van der Waals surface area contributed by atoms with Gasteiger partial charge in [-0.3, -0.25) is 0 Å². The summed E-state index contributed by atoms with van der Waals surface area (Å²) < 4.78 is 0.795. The molecule has 0 aliphatic rings. The molecule has 0 unspecified atom stereocenters.